The fraction of sp³-hybridized carbons (Fsp3) is 0.588. The van der Waals surface area contributed by atoms with E-state index < -0.39 is 0 Å². The van der Waals surface area contributed by atoms with Crippen molar-refractivity contribution in [2.45, 2.75) is 38.6 Å². The molecule has 1 aliphatic rings. The van der Waals surface area contributed by atoms with Gasteiger partial charge in [-0.3, -0.25) is 4.79 Å². The van der Waals surface area contributed by atoms with E-state index in [0.29, 0.717) is 12.3 Å². The van der Waals surface area contributed by atoms with E-state index in [9.17, 15) is 4.79 Å². The number of halogens is 1. The minimum absolute atomic E-state index is 0. The maximum absolute atomic E-state index is 12.3. The van der Waals surface area contributed by atoms with Crippen LogP contribution in [0.3, 0.4) is 0 Å². The van der Waals surface area contributed by atoms with E-state index in [1.165, 1.54) is 0 Å². The predicted molar refractivity (Wildman–Crippen MR) is 91.5 cm³/mol. The molecule has 1 amide bonds. The quantitative estimate of drug-likeness (QED) is 0.905. The number of likely N-dealkylation sites (tertiary alicyclic amines) is 1. The summed E-state index contributed by atoms with van der Waals surface area (Å²) in [5, 5.41) is 0. The molecule has 1 heterocycles. The zero-order chi connectivity index (χ0) is 15.2. The zero-order valence-electron chi connectivity index (χ0n) is 13.5. The Morgan fingerprint density at radius 2 is 2.27 bits per heavy atom. The summed E-state index contributed by atoms with van der Waals surface area (Å²) < 4.78 is 5.21. The molecule has 0 bridgehead atoms. The van der Waals surface area contributed by atoms with Crippen molar-refractivity contribution in [2.75, 3.05) is 20.2 Å². The summed E-state index contributed by atoms with van der Waals surface area (Å²) in [6.07, 6.45) is 3.52. The second-order valence-electron chi connectivity index (χ2n) is 5.95. The fourth-order valence-electron chi connectivity index (χ4n) is 2.90. The molecule has 2 atom stereocenters. The summed E-state index contributed by atoms with van der Waals surface area (Å²) in [7, 11) is 1.66. The number of hydrogen-bond donors (Lipinski definition) is 1. The van der Waals surface area contributed by atoms with Gasteiger partial charge in [0.1, 0.15) is 5.75 Å². The number of piperidine rings is 1. The van der Waals surface area contributed by atoms with Gasteiger partial charge < -0.3 is 15.4 Å². The Morgan fingerprint density at radius 3 is 2.95 bits per heavy atom. The molecule has 124 valence electrons. The monoisotopic (exact) mass is 326 g/mol. The molecule has 2 N–H and O–H groups in total. The standard InChI is InChI=1S/C17H26N2O2.ClH/c1-13(18)15-6-4-10-19(12-15)17(20)9-8-14-5-3-7-16(11-14)21-2;/h3,5,7,11,13,15H,4,6,8-10,12,18H2,1-2H3;1H. The van der Waals surface area contributed by atoms with Gasteiger partial charge >= 0.3 is 0 Å². The Balaban J connectivity index is 0.00000242. The summed E-state index contributed by atoms with van der Waals surface area (Å²) in [5.74, 6) is 1.53. The van der Waals surface area contributed by atoms with Crippen LogP contribution in [-0.4, -0.2) is 37.0 Å². The third kappa shape index (κ3) is 5.18. The highest BCUT2D eigenvalue weighted by Crippen LogP contribution is 2.20. The molecule has 1 saturated heterocycles. The molecule has 1 aliphatic heterocycles. The van der Waals surface area contributed by atoms with Gasteiger partial charge in [0.15, 0.2) is 0 Å². The summed E-state index contributed by atoms with van der Waals surface area (Å²) in [6, 6.07) is 8.08. The lowest BCUT2D eigenvalue weighted by Gasteiger charge is -2.34. The van der Waals surface area contributed by atoms with E-state index in [1.54, 1.807) is 7.11 Å². The van der Waals surface area contributed by atoms with Crippen LogP contribution in [0.15, 0.2) is 24.3 Å². The number of nitrogens with two attached hydrogens (primary N) is 1. The van der Waals surface area contributed by atoms with Crippen LogP contribution in [0.25, 0.3) is 0 Å². The van der Waals surface area contributed by atoms with Crippen LogP contribution in [0.2, 0.25) is 0 Å². The van der Waals surface area contributed by atoms with Gasteiger partial charge in [0.2, 0.25) is 5.91 Å². The minimum atomic E-state index is 0. The lowest BCUT2D eigenvalue weighted by atomic mass is 9.92. The first kappa shape index (κ1) is 18.8. The molecule has 0 saturated carbocycles. The summed E-state index contributed by atoms with van der Waals surface area (Å²) in [5.41, 5.74) is 7.12. The molecule has 0 aliphatic carbocycles. The van der Waals surface area contributed by atoms with Crippen molar-refractivity contribution < 1.29 is 9.53 Å². The highest BCUT2D eigenvalue weighted by Gasteiger charge is 2.25. The molecule has 4 nitrogen and oxygen atoms in total. The topological polar surface area (TPSA) is 55.6 Å². The number of amides is 1. The average molecular weight is 327 g/mol. The van der Waals surface area contributed by atoms with Crippen molar-refractivity contribution in [3.63, 3.8) is 0 Å². The van der Waals surface area contributed by atoms with E-state index in [4.69, 9.17) is 10.5 Å². The number of carbonyl (C=O) groups excluding carboxylic acids is 1. The Hall–Kier alpha value is -1.26. The van der Waals surface area contributed by atoms with Crippen LogP contribution in [0, 0.1) is 5.92 Å². The Bertz CT molecular complexity index is 479. The van der Waals surface area contributed by atoms with E-state index in [1.807, 2.05) is 36.1 Å². The summed E-state index contributed by atoms with van der Waals surface area (Å²) >= 11 is 0. The first-order valence-electron chi connectivity index (χ1n) is 7.76. The number of methoxy groups -OCH3 is 1. The maximum atomic E-state index is 12.3. The van der Waals surface area contributed by atoms with Crippen LogP contribution in [0.1, 0.15) is 31.7 Å². The number of carbonyl (C=O) groups is 1. The van der Waals surface area contributed by atoms with Crippen molar-refractivity contribution in [3.8, 4) is 5.75 Å². The fourth-order valence-corrected chi connectivity index (χ4v) is 2.90. The molecule has 2 unspecified atom stereocenters. The van der Waals surface area contributed by atoms with Crippen LogP contribution in [0.4, 0.5) is 0 Å². The van der Waals surface area contributed by atoms with E-state index in [0.717, 1.165) is 43.7 Å². The lowest BCUT2D eigenvalue weighted by molar-refractivity contribution is -0.133. The van der Waals surface area contributed by atoms with Gasteiger partial charge in [0, 0.05) is 25.6 Å². The van der Waals surface area contributed by atoms with Crippen LogP contribution < -0.4 is 10.5 Å². The van der Waals surface area contributed by atoms with Crippen LogP contribution in [-0.2, 0) is 11.2 Å². The second kappa shape index (κ2) is 9.01. The summed E-state index contributed by atoms with van der Waals surface area (Å²) in [6.45, 7) is 3.73. The zero-order valence-corrected chi connectivity index (χ0v) is 14.3. The Morgan fingerprint density at radius 1 is 1.50 bits per heavy atom. The van der Waals surface area contributed by atoms with Gasteiger partial charge in [-0.25, -0.2) is 0 Å². The van der Waals surface area contributed by atoms with Crippen molar-refractivity contribution in [2.24, 2.45) is 11.7 Å². The van der Waals surface area contributed by atoms with E-state index in [-0.39, 0.29) is 24.4 Å². The van der Waals surface area contributed by atoms with Crippen LogP contribution >= 0.6 is 12.4 Å². The summed E-state index contributed by atoms with van der Waals surface area (Å²) in [4.78, 5) is 14.3. The molecule has 1 aromatic rings. The molecule has 0 spiro atoms. The van der Waals surface area contributed by atoms with Gasteiger partial charge in [0.05, 0.1) is 7.11 Å². The minimum Gasteiger partial charge on any atom is -0.497 e. The normalized spacial score (nSPS) is 19.2. The highest BCUT2D eigenvalue weighted by molar-refractivity contribution is 5.85. The first-order chi connectivity index (χ1) is 10.1. The van der Waals surface area contributed by atoms with Crippen LogP contribution in [0.5, 0.6) is 5.75 Å². The van der Waals surface area contributed by atoms with Gasteiger partial charge in [-0.15, -0.1) is 12.4 Å². The van der Waals surface area contributed by atoms with E-state index in [2.05, 4.69) is 0 Å². The smallest absolute Gasteiger partial charge is 0.222 e. The molecule has 0 radical (unpaired) electrons. The third-order valence-corrected chi connectivity index (χ3v) is 4.32. The van der Waals surface area contributed by atoms with Gasteiger partial charge in [-0.05, 0) is 49.8 Å². The third-order valence-electron chi connectivity index (χ3n) is 4.32. The first-order valence-corrected chi connectivity index (χ1v) is 7.76. The van der Waals surface area contributed by atoms with Crippen molar-refractivity contribution in [1.29, 1.82) is 0 Å². The highest BCUT2D eigenvalue weighted by atomic mass is 35.5. The Labute approximate surface area is 139 Å². The number of ether oxygens (including phenoxy) is 1. The molecule has 1 fully saturated rings. The number of nitrogens with zero attached hydrogens (tertiary/aromatic N) is 1. The van der Waals surface area contributed by atoms with Gasteiger partial charge in [-0.2, -0.15) is 0 Å². The molecule has 5 heteroatoms. The molecule has 1 aromatic carbocycles. The molecular formula is C17H27ClN2O2. The number of aryl methyl sites for hydroxylation is 1. The predicted octanol–water partition coefficient (Wildman–Crippen LogP) is 2.64. The number of hydrogen-bond acceptors (Lipinski definition) is 3. The maximum Gasteiger partial charge on any atom is 0.222 e. The second-order valence-corrected chi connectivity index (χ2v) is 5.95. The molecular weight excluding hydrogens is 300 g/mol. The molecule has 22 heavy (non-hydrogen) atoms. The number of rotatable bonds is 5. The van der Waals surface area contributed by atoms with Crippen molar-refractivity contribution in [3.05, 3.63) is 29.8 Å². The molecule has 0 aromatic heterocycles. The van der Waals surface area contributed by atoms with E-state index >= 15 is 0 Å². The van der Waals surface area contributed by atoms with Gasteiger partial charge in [-0.1, -0.05) is 12.1 Å². The van der Waals surface area contributed by atoms with Gasteiger partial charge in [0.25, 0.3) is 0 Å². The van der Waals surface area contributed by atoms with Crippen molar-refractivity contribution >= 4 is 18.3 Å². The lowest BCUT2D eigenvalue weighted by Crippen LogP contribution is -2.45. The Kier molecular flexibility index (Phi) is 7.69. The largest absolute Gasteiger partial charge is 0.497 e. The number of benzene rings is 1. The SMILES string of the molecule is COc1cccc(CCC(=O)N2CCCC(C(C)N)C2)c1.Cl. The average Bonchev–Trinajstić information content (AvgIpc) is 2.53. The molecule has 2 rings (SSSR count). The van der Waals surface area contributed by atoms with Crippen molar-refractivity contribution in [1.82, 2.24) is 4.90 Å².